The van der Waals surface area contributed by atoms with E-state index in [1.54, 1.807) is 0 Å². The molecule has 0 bridgehead atoms. The van der Waals surface area contributed by atoms with Crippen molar-refractivity contribution >= 4 is 0 Å². The van der Waals surface area contributed by atoms with Gasteiger partial charge in [0.25, 0.3) is 0 Å². The van der Waals surface area contributed by atoms with Gasteiger partial charge in [-0.25, -0.2) is 0 Å². The molecular weight excluding hydrogens is 232 g/mol. The van der Waals surface area contributed by atoms with E-state index < -0.39 is 0 Å². The van der Waals surface area contributed by atoms with Crippen molar-refractivity contribution in [2.45, 2.75) is 65.2 Å². The molecule has 0 spiro atoms. The molecule has 1 saturated heterocycles. The van der Waals surface area contributed by atoms with E-state index in [-0.39, 0.29) is 0 Å². The first-order chi connectivity index (χ1) is 9.15. The van der Waals surface area contributed by atoms with Gasteiger partial charge in [0.05, 0.1) is 0 Å². The summed E-state index contributed by atoms with van der Waals surface area (Å²) in [5.74, 6) is 1.84. The molecule has 1 heterocycles. The number of rotatable bonds is 5. The lowest BCUT2D eigenvalue weighted by molar-refractivity contribution is 0.113. The predicted molar refractivity (Wildman–Crippen MR) is 83.2 cm³/mol. The second kappa shape index (κ2) is 7.08. The van der Waals surface area contributed by atoms with Gasteiger partial charge in [-0.1, -0.05) is 33.1 Å². The largest absolute Gasteiger partial charge is 0.330 e. The minimum atomic E-state index is 0.493. The zero-order valence-electron chi connectivity index (χ0n) is 13.2. The summed E-state index contributed by atoms with van der Waals surface area (Å²) < 4.78 is 0. The van der Waals surface area contributed by atoms with Gasteiger partial charge in [-0.2, -0.15) is 0 Å². The third-order valence-corrected chi connectivity index (χ3v) is 5.88. The SMILES string of the molecule is CC(C)C1CCN(CCC2(CN)CCCCC2)CC1. The van der Waals surface area contributed by atoms with Gasteiger partial charge in [0.15, 0.2) is 0 Å². The van der Waals surface area contributed by atoms with Gasteiger partial charge in [0.1, 0.15) is 0 Å². The molecule has 2 rings (SSSR count). The van der Waals surface area contributed by atoms with Crippen LogP contribution in [0.5, 0.6) is 0 Å². The Morgan fingerprint density at radius 2 is 1.74 bits per heavy atom. The van der Waals surface area contributed by atoms with Crippen LogP contribution in [0.15, 0.2) is 0 Å². The van der Waals surface area contributed by atoms with Crippen molar-refractivity contribution in [2.75, 3.05) is 26.2 Å². The Hall–Kier alpha value is -0.0800. The third kappa shape index (κ3) is 4.19. The van der Waals surface area contributed by atoms with Crippen molar-refractivity contribution in [3.63, 3.8) is 0 Å². The van der Waals surface area contributed by atoms with Gasteiger partial charge in [-0.3, -0.25) is 0 Å². The molecule has 0 radical (unpaired) electrons. The van der Waals surface area contributed by atoms with Crippen molar-refractivity contribution in [2.24, 2.45) is 23.0 Å². The Balaban J connectivity index is 1.73. The Labute approximate surface area is 120 Å². The molecule has 1 saturated carbocycles. The van der Waals surface area contributed by atoms with Crippen LogP contribution in [-0.4, -0.2) is 31.1 Å². The molecule has 2 fully saturated rings. The number of piperidine rings is 1. The van der Waals surface area contributed by atoms with Crippen molar-refractivity contribution in [1.29, 1.82) is 0 Å². The molecule has 1 aliphatic heterocycles. The van der Waals surface area contributed by atoms with Gasteiger partial charge >= 0.3 is 0 Å². The number of nitrogens with two attached hydrogens (primary N) is 1. The third-order valence-electron chi connectivity index (χ3n) is 5.88. The van der Waals surface area contributed by atoms with Gasteiger partial charge in [0, 0.05) is 0 Å². The van der Waals surface area contributed by atoms with Crippen LogP contribution in [0.25, 0.3) is 0 Å². The summed E-state index contributed by atoms with van der Waals surface area (Å²) in [5.41, 5.74) is 6.59. The van der Waals surface area contributed by atoms with Crippen LogP contribution < -0.4 is 5.73 Å². The molecule has 0 aromatic rings. The molecule has 2 N–H and O–H groups in total. The molecule has 0 aromatic carbocycles. The highest BCUT2D eigenvalue weighted by Crippen LogP contribution is 2.38. The summed E-state index contributed by atoms with van der Waals surface area (Å²) in [6.45, 7) is 9.61. The van der Waals surface area contributed by atoms with E-state index in [1.165, 1.54) is 71.0 Å². The molecule has 2 heteroatoms. The van der Waals surface area contributed by atoms with Crippen LogP contribution >= 0.6 is 0 Å². The zero-order valence-corrected chi connectivity index (χ0v) is 13.2. The monoisotopic (exact) mass is 266 g/mol. The summed E-state index contributed by atoms with van der Waals surface area (Å²) in [7, 11) is 0. The molecule has 0 unspecified atom stereocenters. The number of hydrogen-bond donors (Lipinski definition) is 1. The number of likely N-dealkylation sites (tertiary alicyclic amines) is 1. The van der Waals surface area contributed by atoms with Gasteiger partial charge in [-0.05, 0) is 75.5 Å². The summed E-state index contributed by atoms with van der Waals surface area (Å²) in [6, 6.07) is 0. The molecule has 0 atom stereocenters. The topological polar surface area (TPSA) is 29.3 Å². The van der Waals surface area contributed by atoms with Crippen molar-refractivity contribution in [1.82, 2.24) is 4.90 Å². The minimum absolute atomic E-state index is 0.493. The maximum absolute atomic E-state index is 6.10. The lowest BCUT2D eigenvalue weighted by Gasteiger charge is -2.40. The number of nitrogens with zero attached hydrogens (tertiary/aromatic N) is 1. The van der Waals surface area contributed by atoms with Crippen LogP contribution in [0.3, 0.4) is 0 Å². The van der Waals surface area contributed by atoms with Crippen LogP contribution in [0.4, 0.5) is 0 Å². The highest BCUT2D eigenvalue weighted by atomic mass is 15.1. The second-order valence-electron chi connectivity index (χ2n) is 7.44. The van der Waals surface area contributed by atoms with Crippen LogP contribution in [-0.2, 0) is 0 Å². The fourth-order valence-corrected chi connectivity index (χ4v) is 4.10. The van der Waals surface area contributed by atoms with Gasteiger partial charge in [-0.15, -0.1) is 0 Å². The zero-order chi connectivity index (χ0) is 13.7. The summed E-state index contributed by atoms with van der Waals surface area (Å²) in [4.78, 5) is 2.70. The van der Waals surface area contributed by atoms with E-state index in [0.717, 1.165) is 18.4 Å². The molecule has 0 amide bonds. The molecule has 2 aliphatic rings. The van der Waals surface area contributed by atoms with E-state index in [0.29, 0.717) is 5.41 Å². The summed E-state index contributed by atoms with van der Waals surface area (Å²) in [5, 5.41) is 0. The Bertz CT molecular complexity index is 248. The first kappa shape index (κ1) is 15.3. The quantitative estimate of drug-likeness (QED) is 0.823. The maximum atomic E-state index is 6.10. The van der Waals surface area contributed by atoms with Gasteiger partial charge in [0.2, 0.25) is 0 Å². The van der Waals surface area contributed by atoms with E-state index in [4.69, 9.17) is 5.73 Å². The molecule has 19 heavy (non-hydrogen) atoms. The molecule has 0 aromatic heterocycles. The Kier molecular flexibility index (Phi) is 5.70. The van der Waals surface area contributed by atoms with Crippen LogP contribution in [0, 0.1) is 17.3 Å². The normalized spacial score (nSPS) is 25.9. The fourth-order valence-electron chi connectivity index (χ4n) is 4.10. The Morgan fingerprint density at radius 3 is 2.26 bits per heavy atom. The molecular formula is C17H34N2. The van der Waals surface area contributed by atoms with E-state index in [1.807, 2.05) is 0 Å². The first-order valence-corrected chi connectivity index (χ1v) is 8.58. The van der Waals surface area contributed by atoms with Gasteiger partial charge < -0.3 is 10.6 Å². The summed E-state index contributed by atoms with van der Waals surface area (Å²) in [6.07, 6.45) is 11.2. The average Bonchev–Trinajstić information content (AvgIpc) is 2.46. The van der Waals surface area contributed by atoms with Crippen molar-refractivity contribution < 1.29 is 0 Å². The first-order valence-electron chi connectivity index (χ1n) is 8.58. The van der Waals surface area contributed by atoms with Crippen LogP contribution in [0.1, 0.15) is 65.2 Å². The van der Waals surface area contributed by atoms with E-state index in [9.17, 15) is 0 Å². The standard InChI is InChI=1S/C17H34N2/c1-15(2)16-6-11-19(12-7-16)13-10-17(14-18)8-4-3-5-9-17/h15-16H,3-14,18H2,1-2H3. The molecule has 112 valence electrons. The second-order valence-corrected chi connectivity index (χ2v) is 7.44. The lowest BCUT2D eigenvalue weighted by Crippen LogP contribution is -2.40. The fraction of sp³-hybridized carbons (Fsp3) is 1.00. The van der Waals surface area contributed by atoms with Crippen molar-refractivity contribution in [3.05, 3.63) is 0 Å². The number of hydrogen-bond acceptors (Lipinski definition) is 2. The molecule has 1 aliphatic carbocycles. The summed E-state index contributed by atoms with van der Waals surface area (Å²) >= 11 is 0. The smallest absolute Gasteiger partial charge is 0.00130 e. The lowest BCUT2D eigenvalue weighted by atomic mass is 9.71. The van der Waals surface area contributed by atoms with E-state index in [2.05, 4.69) is 18.7 Å². The highest BCUT2D eigenvalue weighted by molar-refractivity contribution is 4.85. The molecule has 2 nitrogen and oxygen atoms in total. The highest BCUT2D eigenvalue weighted by Gasteiger charge is 2.31. The van der Waals surface area contributed by atoms with Crippen LogP contribution in [0.2, 0.25) is 0 Å². The van der Waals surface area contributed by atoms with Crippen molar-refractivity contribution in [3.8, 4) is 0 Å². The van der Waals surface area contributed by atoms with E-state index >= 15 is 0 Å². The average molecular weight is 266 g/mol. The maximum Gasteiger partial charge on any atom is -0.00130 e. The minimum Gasteiger partial charge on any atom is -0.330 e. The Morgan fingerprint density at radius 1 is 1.11 bits per heavy atom. The predicted octanol–water partition coefficient (Wildman–Crippen LogP) is 3.65.